The number of carbonyl (C=O) groups is 2. The van der Waals surface area contributed by atoms with Crippen LogP contribution in [0.2, 0.25) is 0 Å². The lowest BCUT2D eigenvalue weighted by Crippen LogP contribution is -2.44. The van der Waals surface area contributed by atoms with Crippen molar-refractivity contribution in [3.05, 3.63) is 0 Å². The zero-order valence-electron chi connectivity index (χ0n) is 7.54. The van der Waals surface area contributed by atoms with Gasteiger partial charge in [-0.05, 0) is 6.92 Å². The maximum Gasteiger partial charge on any atom is 0.323 e. The van der Waals surface area contributed by atoms with Crippen LogP contribution < -0.4 is 5.32 Å². The number of Topliss-reactive ketones (excluding diaryl/α,β-unsaturated/α-hetero) is 1. The minimum Gasteiger partial charge on any atom is -0.465 e. The van der Waals surface area contributed by atoms with Crippen LogP contribution in [0, 0.1) is 0 Å². The Labute approximate surface area is 83.4 Å². The zero-order chi connectivity index (χ0) is 8.97. The Morgan fingerprint density at radius 3 is 2.92 bits per heavy atom. The summed E-state index contributed by atoms with van der Waals surface area (Å²) in [6.07, 6.45) is 0.800. The van der Waals surface area contributed by atoms with Gasteiger partial charge in [-0.15, -0.1) is 12.4 Å². The van der Waals surface area contributed by atoms with Gasteiger partial charge in [0, 0.05) is 19.4 Å². The third-order valence-electron chi connectivity index (χ3n) is 1.80. The number of carbonyl (C=O) groups excluding carboxylic acids is 2. The quantitative estimate of drug-likeness (QED) is 0.662. The monoisotopic (exact) mass is 207 g/mol. The Kier molecular flexibility index (Phi) is 5.66. The minimum atomic E-state index is -0.411. The van der Waals surface area contributed by atoms with Crippen molar-refractivity contribution in [2.75, 3.05) is 13.2 Å². The molecule has 0 aromatic heterocycles. The number of esters is 1. The molecule has 1 aliphatic rings. The largest absolute Gasteiger partial charge is 0.465 e. The number of piperidine rings is 1. The summed E-state index contributed by atoms with van der Waals surface area (Å²) in [6.45, 7) is 2.70. The van der Waals surface area contributed by atoms with Gasteiger partial charge in [0.25, 0.3) is 0 Å². The number of hydrogen-bond acceptors (Lipinski definition) is 4. The highest BCUT2D eigenvalue weighted by atomic mass is 35.5. The van der Waals surface area contributed by atoms with E-state index in [-0.39, 0.29) is 30.6 Å². The standard InChI is InChI=1S/C8H13NO3.ClH/c1-2-12-8(11)7-5-6(10)3-4-9-7;/h7,9H,2-5H2,1H3;1H. The molecule has 1 unspecified atom stereocenters. The minimum absolute atomic E-state index is 0. The molecule has 0 aliphatic carbocycles. The number of hydrogen-bond donors (Lipinski definition) is 1. The zero-order valence-corrected chi connectivity index (χ0v) is 8.36. The summed E-state index contributed by atoms with van der Waals surface area (Å²) in [5.74, 6) is -0.183. The van der Waals surface area contributed by atoms with E-state index in [9.17, 15) is 9.59 Å². The molecular formula is C8H14ClNO3. The number of ether oxygens (including phenoxy) is 1. The maximum atomic E-state index is 11.1. The molecule has 13 heavy (non-hydrogen) atoms. The molecule has 0 amide bonds. The van der Waals surface area contributed by atoms with Crippen molar-refractivity contribution in [1.82, 2.24) is 5.32 Å². The number of rotatable bonds is 2. The van der Waals surface area contributed by atoms with Gasteiger partial charge in [-0.2, -0.15) is 0 Å². The van der Waals surface area contributed by atoms with Crippen LogP contribution in [0.1, 0.15) is 19.8 Å². The lowest BCUT2D eigenvalue weighted by atomic mass is 10.0. The summed E-state index contributed by atoms with van der Waals surface area (Å²) in [5, 5.41) is 2.94. The predicted molar refractivity (Wildman–Crippen MR) is 49.9 cm³/mol. The fraction of sp³-hybridized carbons (Fsp3) is 0.750. The predicted octanol–water partition coefficient (Wildman–Crippen LogP) is 0.292. The molecule has 0 saturated carbocycles. The van der Waals surface area contributed by atoms with Crippen LogP contribution in [0.25, 0.3) is 0 Å². The van der Waals surface area contributed by atoms with E-state index in [2.05, 4.69) is 5.32 Å². The Morgan fingerprint density at radius 1 is 1.69 bits per heavy atom. The summed E-state index contributed by atoms with van der Waals surface area (Å²) < 4.78 is 4.78. The molecule has 5 heteroatoms. The SMILES string of the molecule is CCOC(=O)C1CC(=O)CCN1.Cl. The summed E-state index contributed by atoms with van der Waals surface area (Å²) in [4.78, 5) is 22.0. The summed E-state index contributed by atoms with van der Waals surface area (Å²) in [5.41, 5.74) is 0. The first-order valence-electron chi connectivity index (χ1n) is 4.15. The van der Waals surface area contributed by atoms with E-state index >= 15 is 0 Å². The van der Waals surface area contributed by atoms with Gasteiger partial charge in [-0.3, -0.25) is 9.59 Å². The lowest BCUT2D eigenvalue weighted by Gasteiger charge is -2.20. The lowest BCUT2D eigenvalue weighted by molar-refractivity contribution is -0.147. The van der Waals surface area contributed by atoms with Crippen LogP contribution in [0.4, 0.5) is 0 Å². The van der Waals surface area contributed by atoms with E-state index < -0.39 is 6.04 Å². The third kappa shape index (κ3) is 3.74. The van der Waals surface area contributed by atoms with Gasteiger partial charge in [-0.1, -0.05) is 0 Å². The third-order valence-corrected chi connectivity index (χ3v) is 1.80. The summed E-state index contributed by atoms with van der Waals surface area (Å²) in [6, 6.07) is -0.411. The molecule has 1 aliphatic heterocycles. The first kappa shape index (κ1) is 12.4. The molecule has 1 N–H and O–H groups in total. The fourth-order valence-electron chi connectivity index (χ4n) is 1.20. The van der Waals surface area contributed by atoms with Gasteiger partial charge < -0.3 is 10.1 Å². The summed E-state index contributed by atoms with van der Waals surface area (Å²) >= 11 is 0. The molecule has 0 spiro atoms. The van der Waals surface area contributed by atoms with Crippen LogP contribution in [-0.2, 0) is 14.3 Å². The second kappa shape index (κ2) is 5.94. The van der Waals surface area contributed by atoms with Gasteiger partial charge >= 0.3 is 5.97 Å². The van der Waals surface area contributed by atoms with Gasteiger partial charge in [0.1, 0.15) is 11.8 Å². The van der Waals surface area contributed by atoms with E-state index in [1.165, 1.54) is 0 Å². The first-order valence-corrected chi connectivity index (χ1v) is 4.15. The topological polar surface area (TPSA) is 55.4 Å². The summed E-state index contributed by atoms with van der Waals surface area (Å²) in [7, 11) is 0. The molecule has 0 radical (unpaired) electrons. The molecular weight excluding hydrogens is 194 g/mol. The Hall–Kier alpha value is -0.610. The molecule has 1 atom stereocenters. The Morgan fingerprint density at radius 2 is 2.38 bits per heavy atom. The van der Waals surface area contributed by atoms with Crippen molar-refractivity contribution >= 4 is 24.2 Å². The second-order valence-corrected chi connectivity index (χ2v) is 2.75. The van der Waals surface area contributed by atoms with Crippen LogP contribution in [0.3, 0.4) is 0 Å². The fourth-order valence-corrected chi connectivity index (χ4v) is 1.20. The molecule has 0 aromatic carbocycles. The molecule has 0 aromatic rings. The number of halogens is 1. The molecule has 4 nitrogen and oxygen atoms in total. The number of ketones is 1. The van der Waals surface area contributed by atoms with Crippen molar-refractivity contribution in [2.45, 2.75) is 25.8 Å². The maximum absolute atomic E-state index is 11.1. The molecule has 1 heterocycles. The van der Waals surface area contributed by atoms with Crippen LogP contribution in [-0.4, -0.2) is 30.9 Å². The second-order valence-electron chi connectivity index (χ2n) is 2.75. The van der Waals surface area contributed by atoms with Crippen molar-refractivity contribution in [2.24, 2.45) is 0 Å². The van der Waals surface area contributed by atoms with Crippen molar-refractivity contribution < 1.29 is 14.3 Å². The van der Waals surface area contributed by atoms with Gasteiger partial charge in [0.15, 0.2) is 0 Å². The first-order chi connectivity index (χ1) is 5.74. The van der Waals surface area contributed by atoms with E-state index in [4.69, 9.17) is 4.74 Å². The van der Waals surface area contributed by atoms with E-state index in [0.717, 1.165) is 0 Å². The normalized spacial score (nSPS) is 21.9. The van der Waals surface area contributed by atoms with Crippen molar-refractivity contribution in [3.8, 4) is 0 Å². The van der Waals surface area contributed by atoms with Crippen molar-refractivity contribution in [3.63, 3.8) is 0 Å². The van der Waals surface area contributed by atoms with Crippen molar-refractivity contribution in [1.29, 1.82) is 0 Å². The highest BCUT2D eigenvalue weighted by molar-refractivity contribution is 5.87. The van der Waals surface area contributed by atoms with Gasteiger partial charge in [-0.25, -0.2) is 0 Å². The Bertz CT molecular complexity index is 196. The van der Waals surface area contributed by atoms with Crippen LogP contribution >= 0.6 is 12.4 Å². The van der Waals surface area contributed by atoms with Gasteiger partial charge in [0.05, 0.1) is 6.61 Å². The molecule has 76 valence electrons. The van der Waals surface area contributed by atoms with E-state index in [1.807, 2.05) is 0 Å². The average molecular weight is 208 g/mol. The number of nitrogens with one attached hydrogen (secondary N) is 1. The Balaban J connectivity index is 0.00000144. The highest BCUT2D eigenvalue weighted by Crippen LogP contribution is 2.04. The van der Waals surface area contributed by atoms with E-state index in [1.54, 1.807) is 6.92 Å². The van der Waals surface area contributed by atoms with Crippen LogP contribution in [0.15, 0.2) is 0 Å². The molecule has 1 fully saturated rings. The smallest absolute Gasteiger partial charge is 0.323 e. The average Bonchev–Trinajstić information content (AvgIpc) is 2.05. The van der Waals surface area contributed by atoms with Crippen LogP contribution in [0.5, 0.6) is 0 Å². The molecule has 1 rings (SSSR count). The van der Waals surface area contributed by atoms with Gasteiger partial charge in [0.2, 0.25) is 0 Å². The van der Waals surface area contributed by atoms with E-state index in [0.29, 0.717) is 19.6 Å². The highest BCUT2D eigenvalue weighted by Gasteiger charge is 2.25. The molecule has 1 saturated heterocycles. The molecule has 0 bridgehead atoms.